The van der Waals surface area contributed by atoms with Crippen molar-refractivity contribution in [3.05, 3.63) is 20.7 Å². The molecule has 4 nitrogen and oxygen atoms in total. The molecule has 11 heavy (non-hydrogen) atoms. The van der Waals surface area contributed by atoms with E-state index >= 15 is 0 Å². The fourth-order valence-corrected chi connectivity index (χ4v) is 1.92. The molecule has 0 aromatic carbocycles. The molecule has 0 unspecified atom stereocenters. The molecule has 1 rings (SSSR count). The largest absolute Gasteiger partial charge is 0.354 e. The Bertz CT molecular complexity index is 306. The van der Waals surface area contributed by atoms with Gasteiger partial charge in [0.25, 0.3) is 5.69 Å². The highest BCUT2D eigenvalue weighted by Gasteiger charge is 2.26. The van der Waals surface area contributed by atoms with Crippen LogP contribution < -0.4 is 3.96 Å². The van der Waals surface area contributed by atoms with Crippen molar-refractivity contribution in [2.75, 3.05) is 0 Å². The van der Waals surface area contributed by atoms with Gasteiger partial charge in [0.1, 0.15) is 11.5 Å². The van der Waals surface area contributed by atoms with Gasteiger partial charge in [-0.25, -0.2) is 0 Å². The predicted molar refractivity (Wildman–Crippen MR) is 41.6 cm³/mol. The third kappa shape index (κ3) is 1.23. The fraction of sp³-hybridized carbons (Fsp3) is 0.500. The van der Waals surface area contributed by atoms with Crippen LogP contribution in [0.2, 0.25) is 0 Å². The summed E-state index contributed by atoms with van der Waals surface area (Å²) in [4.78, 5) is 10.9. The summed E-state index contributed by atoms with van der Waals surface area (Å²) in [6.07, 6.45) is 0. The summed E-state index contributed by atoms with van der Waals surface area (Å²) >= 11 is 1.40. The highest BCUT2D eigenvalue weighted by atomic mass is 32.1. The van der Waals surface area contributed by atoms with Crippen LogP contribution in [0, 0.1) is 24.0 Å². The number of hydrogen-bond donors (Lipinski definition) is 0. The van der Waals surface area contributed by atoms with Crippen molar-refractivity contribution in [3.63, 3.8) is 0 Å². The molecule has 0 saturated heterocycles. The van der Waals surface area contributed by atoms with Crippen LogP contribution in [0.15, 0.2) is 0 Å². The molecule has 1 aromatic rings. The molecule has 0 saturated carbocycles. The average molecular weight is 173 g/mol. The third-order valence-electron chi connectivity index (χ3n) is 1.60. The highest BCUT2D eigenvalue weighted by Crippen LogP contribution is 2.22. The second-order valence-electron chi connectivity index (χ2n) is 2.34. The van der Waals surface area contributed by atoms with Gasteiger partial charge in [-0.05, 0) is 6.92 Å². The van der Waals surface area contributed by atoms with Gasteiger partial charge in [-0.15, -0.1) is 3.96 Å². The van der Waals surface area contributed by atoms with Crippen molar-refractivity contribution in [1.82, 2.24) is 0 Å². The molecule has 0 aliphatic rings. The number of hydrogen-bond acceptors (Lipinski definition) is 3. The zero-order valence-electron chi connectivity index (χ0n) is 6.62. The van der Waals surface area contributed by atoms with E-state index in [-0.39, 0.29) is 10.6 Å². The molecule has 0 atom stereocenters. The van der Waals surface area contributed by atoms with Gasteiger partial charge in [-0.1, -0.05) is 0 Å². The Morgan fingerprint density at radius 2 is 2.09 bits per heavy atom. The van der Waals surface area contributed by atoms with Crippen LogP contribution in [0.5, 0.6) is 0 Å². The van der Waals surface area contributed by atoms with E-state index in [0.717, 1.165) is 10.6 Å². The first-order valence-corrected chi connectivity index (χ1v) is 3.92. The van der Waals surface area contributed by atoms with Crippen LogP contribution in [-0.4, -0.2) is 4.92 Å². The number of rotatable bonds is 1. The summed E-state index contributed by atoms with van der Waals surface area (Å²) in [5.74, 6) is 0. The molecule has 0 radical (unpaired) electrons. The summed E-state index contributed by atoms with van der Waals surface area (Å²) in [6, 6.07) is 0. The van der Waals surface area contributed by atoms with Gasteiger partial charge in [-0.3, -0.25) is 10.1 Å². The van der Waals surface area contributed by atoms with Crippen molar-refractivity contribution in [1.29, 1.82) is 0 Å². The maximum Gasteiger partial charge on any atom is 0.354 e. The van der Waals surface area contributed by atoms with E-state index in [4.69, 9.17) is 0 Å². The lowest BCUT2D eigenvalue weighted by atomic mass is 10.3. The molecule has 0 aliphatic carbocycles. The maximum atomic E-state index is 10.5. The van der Waals surface area contributed by atoms with E-state index in [0.29, 0.717) is 0 Å². The summed E-state index contributed by atoms with van der Waals surface area (Å²) in [7, 11) is 1.82. The molecule has 1 heterocycles. The van der Waals surface area contributed by atoms with Crippen LogP contribution >= 0.6 is 11.5 Å². The van der Waals surface area contributed by atoms with Crippen LogP contribution in [0.25, 0.3) is 0 Å². The Morgan fingerprint density at radius 3 is 2.27 bits per heavy atom. The Morgan fingerprint density at radius 1 is 1.55 bits per heavy atom. The van der Waals surface area contributed by atoms with Crippen LogP contribution in [-0.2, 0) is 7.05 Å². The molecule has 0 bridgehead atoms. The lowest BCUT2D eigenvalue weighted by molar-refractivity contribution is -0.610. The van der Waals surface area contributed by atoms with E-state index < -0.39 is 0 Å². The van der Waals surface area contributed by atoms with Gasteiger partial charge < -0.3 is 0 Å². The second-order valence-corrected chi connectivity index (χ2v) is 3.68. The Kier molecular flexibility index (Phi) is 1.90. The van der Waals surface area contributed by atoms with Gasteiger partial charge in [0.15, 0.2) is 11.9 Å². The smallest absolute Gasteiger partial charge is 0.258 e. The Balaban J connectivity index is 3.34. The van der Waals surface area contributed by atoms with Gasteiger partial charge >= 0.3 is 5.69 Å². The quantitative estimate of drug-likeness (QED) is 0.362. The SMILES string of the molecule is Cc1s[n+](C)c(C)c1[N+](=O)[O-]. The fourth-order valence-electron chi connectivity index (χ4n) is 0.982. The van der Waals surface area contributed by atoms with Crippen molar-refractivity contribution in [2.24, 2.45) is 7.05 Å². The van der Waals surface area contributed by atoms with Gasteiger partial charge in [0.2, 0.25) is 0 Å². The Hall–Kier alpha value is -0.970. The topological polar surface area (TPSA) is 47.0 Å². The lowest BCUT2D eigenvalue weighted by Gasteiger charge is -1.83. The maximum absolute atomic E-state index is 10.5. The van der Waals surface area contributed by atoms with Crippen molar-refractivity contribution < 1.29 is 8.88 Å². The van der Waals surface area contributed by atoms with E-state index in [1.165, 1.54) is 11.5 Å². The molecular formula is C6H9N2O2S+. The first-order valence-electron chi connectivity index (χ1n) is 3.15. The molecule has 1 aromatic heterocycles. The van der Waals surface area contributed by atoms with Crippen molar-refractivity contribution in [3.8, 4) is 0 Å². The molecular weight excluding hydrogens is 164 g/mol. The highest BCUT2D eigenvalue weighted by molar-refractivity contribution is 7.02. The first-order chi connectivity index (χ1) is 5.04. The number of aryl methyl sites for hydroxylation is 2. The zero-order chi connectivity index (χ0) is 8.59. The van der Waals surface area contributed by atoms with Crippen molar-refractivity contribution >= 4 is 17.2 Å². The summed E-state index contributed by atoms with van der Waals surface area (Å²) in [5.41, 5.74) is 0.968. The Labute approximate surface area is 68.4 Å². The summed E-state index contributed by atoms with van der Waals surface area (Å²) in [5, 5.41) is 10.5. The first kappa shape index (κ1) is 8.13. The van der Waals surface area contributed by atoms with E-state index in [2.05, 4.69) is 0 Å². The number of aromatic nitrogens is 1. The molecule has 60 valence electrons. The summed E-state index contributed by atoms with van der Waals surface area (Å²) in [6.45, 7) is 3.51. The lowest BCUT2D eigenvalue weighted by Crippen LogP contribution is -2.24. The van der Waals surface area contributed by atoms with E-state index in [1.807, 2.05) is 7.05 Å². The second kappa shape index (κ2) is 2.58. The summed E-state index contributed by atoms with van der Waals surface area (Å²) < 4.78 is 1.80. The minimum atomic E-state index is -0.332. The normalized spacial score (nSPS) is 10.1. The van der Waals surface area contributed by atoms with Crippen LogP contribution in [0.1, 0.15) is 10.6 Å². The number of nitro groups is 1. The minimum absolute atomic E-state index is 0.248. The molecule has 5 heteroatoms. The molecule has 0 amide bonds. The molecule has 0 N–H and O–H groups in total. The van der Waals surface area contributed by atoms with Gasteiger partial charge in [0.05, 0.1) is 4.92 Å². The monoisotopic (exact) mass is 173 g/mol. The van der Waals surface area contributed by atoms with E-state index in [9.17, 15) is 10.1 Å². The average Bonchev–Trinajstić information content (AvgIpc) is 2.07. The molecule has 0 spiro atoms. The zero-order valence-corrected chi connectivity index (χ0v) is 7.44. The molecule has 0 aliphatic heterocycles. The van der Waals surface area contributed by atoms with Crippen LogP contribution in [0.4, 0.5) is 5.69 Å². The van der Waals surface area contributed by atoms with Crippen molar-refractivity contribution in [2.45, 2.75) is 13.8 Å². The van der Waals surface area contributed by atoms with Gasteiger partial charge in [0, 0.05) is 6.92 Å². The van der Waals surface area contributed by atoms with E-state index in [1.54, 1.807) is 17.8 Å². The standard InChI is InChI=1S/C6H9N2O2S/c1-4-6(8(9)10)5(2)11-7(4)3/h1-3H3/q+1. The minimum Gasteiger partial charge on any atom is -0.258 e. The predicted octanol–water partition coefficient (Wildman–Crippen LogP) is 1.10. The third-order valence-corrected chi connectivity index (χ3v) is 2.62. The van der Waals surface area contributed by atoms with Gasteiger partial charge in [-0.2, -0.15) is 0 Å². The number of nitrogens with zero attached hydrogens (tertiary/aromatic N) is 2. The molecule has 0 fully saturated rings. The van der Waals surface area contributed by atoms with Crippen LogP contribution in [0.3, 0.4) is 0 Å².